The van der Waals surface area contributed by atoms with Crippen molar-refractivity contribution in [3.05, 3.63) is 57.3 Å². The fraction of sp³-hybridized carbons (Fsp3) is 0.571. The van der Waals surface area contributed by atoms with Gasteiger partial charge >= 0.3 is 23.9 Å². The number of benzene rings is 4. The maximum Gasteiger partial charge on any atom is 0.311 e. The summed E-state index contributed by atoms with van der Waals surface area (Å²) < 4.78 is 25.3. The number of hydrogen-bond donors (Lipinski definition) is 2. The summed E-state index contributed by atoms with van der Waals surface area (Å²) in [6.07, 6.45) is 23.8. The highest BCUT2D eigenvalue weighted by molar-refractivity contribution is 6.04. The van der Waals surface area contributed by atoms with E-state index in [2.05, 4.69) is 27.7 Å². The van der Waals surface area contributed by atoms with Crippen LogP contribution in [-0.4, -0.2) is 34.1 Å². The lowest BCUT2D eigenvalue weighted by atomic mass is 9.90. The third-order valence-corrected chi connectivity index (χ3v) is 12.7. The third-order valence-electron chi connectivity index (χ3n) is 12.7. The smallest absolute Gasteiger partial charge is 0.311 e. The third kappa shape index (κ3) is 14.0. The molecule has 0 saturated carbocycles. The standard InChI is InChI=1S/C56H76O10/c1-5-9-13-17-21-25-35-43(59)63-53-39-31-29-33-41(57)47(39)55(65-45(61)37-27-23-19-15-11-7-3)51-49(53)50-52(51)56(66-46(62)38-28-24-20-16-12-8-4)48-40(32-30-34-42(48)58)54(50)64-44(60)36-26-22-18-14-10-6-2/h29-34,57-58H,5-28,35-38H2,1-4H3. The highest BCUT2D eigenvalue weighted by Gasteiger charge is 2.31. The van der Waals surface area contributed by atoms with Crippen LogP contribution in [0.2, 0.25) is 0 Å². The number of phenolic OH excluding ortho intramolecular Hbond substituents is 2. The van der Waals surface area contributed by atoms with Crippen LogP contribution < -0.4 is 18.9 Å². The van der Waals surface area contributed by atoms with E-state index in [4.69, 9.17) is 18.9 Å². The van der Waals surface area contributed by atoms with Gasteiger partial charge in [0.25, 0.3) is 0 Å². The van der Waals surface area contributed by atoms with Crippen molar-refractivity contribution in [2.24, 2.45) is 0 Å². The molecule has 5 rings (SSSR count). The van der Waals surface area contributed by atoms with Gasteiger partial charge in [-0.05, 0) is 37.8 Å². The molecule has 0 heterocycles. The van der Waals surface area contributed by atoms with E-state index < -0.39 is 23.9 Å². The van der Waals surface area contributed by atoms with Crippen molar-refractivity contribution in [1.82, 2.24) is 0 Å². The molecule has 4 aromatic rings. The number of carbonyl (C=O) groups excluding carboxylic acids is 4. The van der Waals surface area contributed by atoms with Crippen LogP contribution in [-0.2, 0) is 19.2 Å². The number of ether oxygens (including phenoxy) is 4. The van der Waals surface area contributed by atoms with Gasteiger partial charge in [0.2, 0.25) is 0 Å². The SMILES string of the molecule is CCCCCCCCC(=O)Oc1c2c(c(OC(=O)CCCCCCCC)c3c(O)cccc13)=c1c(OC(=O)CCCCCCCC)c3c(O)cccc3c(OC(=O)CCCCCCCC)c1=2. The normalized spacial score (nSPS) is 11.6. The highest BCUT2D eigenvalue weighted by atomic mass is 16.6. The average Bonchev–Trinajstić information content (AvgIpc) is 3.28. The summed E-state index contributed by atoms with van der Waals surface area (Å²) in [5.74, 6) is -2.21. The molecule has 0 spiro atoms. The fourth-order valence-corrected chi connectivity index (χ4v) is 9.08. The van der Waals surface area contributed by atoms with E-state index >= 15 is 0 Å². The molecule has 2 N–H and O–H groups in total. The molecular formula is C56H76O10. The summed E-state index contributed by atoms with van der Waals surface area (Å²) >= 11 is 0. The Balaban J connectivity index is 1.74. The molecule has 0 unspecified atom stereocenters. The summed E-state index contributed by atoms with van der Waals surface area (Å²) in [7, 11) is 0. The molecule has 0 atom stereocenters. The van der Waals surface area contributed by atoms with Gasteiger partial charge in [-0.1, -0.05) is 180 Å². The van der Waals surface area contributed by atoms with Crippen molar-refractivity contribution in [3.8, 4) is 34.5 Å². The van der Waals surface area contributed by atoms with Gasteiger partial charge in [-0.15, -0.1) is 0 Å². The van der Waals surface area contributed by atoms with Crippen LogP contribution in [0.25, 0.3) is 21.5 Å². The van der Waals surface area contributed by atoms with Crippen LogP contribution in [0, 0.1) is 20.9 Å². The van der Waals surface area contributed by atoms with Crippen molar-refractivity contribution in [1.29, 1.82) is 0 Å². The minimum absolute atomic E-state index is 0.00431. The molecule has 4 aromatic carbocycles. The molecule has 0 amide bonds. The van der Waals surface area contributed by atoms with E-state index in [9.17, 15) is 29.4 Å². The zero-order valence-electron chi connectivity index (χ0n) is 40.4. The molecule has 10 heteroatoms. The van der Waals surface area contributed by atoms with Crippen LogP contribution >= 0.6 is 0 Å². The predicted octanol–water partition coefficient (Wildman–Crippen LogP) is 14.9. The monoisotopic (exact) mass is 909 g/mol. The number of aromatic hydroxyl groups is 2. The Morgan fingerprint density at radius 2 is 0.591 bits per heavy atom. The van der Waals surface area contributed by atoms with E-state index in [1.807, 2.05) is 0 Å². The van der Waals surface area contributed by atoms with Gasteiger partial charge in [0, 0.05) is 57.3 Å². The Kier molecular flexibility index (Phi) is 21.6. The first-order valence-corrected chi connectivity index (χ1v) is 25.6. The Labute approximate surface area is 391 Å². The fourth-order valence-electron chi connectivity index (χ4n) is 9.08. The molecule has 10 nitrogen and oxygen atoms in total. The minimum atomic E-state index is -0.519. The minimum Gasteiger partial charge on any atom is -0.507 e. The van der Waals surface area contributed by atoms with Crippen molar-refractivity contribution in [3.63, 3.8) is 0 Å². The van der Waals surface area contributed by atoms with Gasteiger partial charge in [-0.25, -0.2) is 0 Å². The predicted molar refractivity (Wildman–Crippen MR) is 261 cm³/mol. The average molecular weight is 909 g/mol. The maximum absolute atomic E-state index is 13.9. The van der Waals surface area contributed by atoms with Gasteiger partial charge in [-0.2, -0.15) is 0 Å². The molecule has 360 valence electrons. The number of unbranched alkanes of at least 4 members (excludes halogenated alkanes) is 20. The number of esters is 4. The maximum atomic E-state index is 13.9. The molecule has 66 heavy (non-hydrogen) atoms. The van der Waals surface area contributed by atoms with E-state index in [0.29, 0.717) is 46.9 Å². The first-order valence-electron chi connectivity index (χ1n) is 25.6. The second-order valence-electron chi connectivity index (χ2n) is 18.2. The van der Waals surface area contributed by atoms with Crippen LogP contribution in [0.5, 0.6) is 34.5 Å². The number of phenols is 2. The topological polar surface area (TPSA) is 146 Å². The number of hydrogen-bond acceptors (Lipinski definition) is 10. The molecule has 1 aliphatic rings. The second kappa shape index (κ2) is 27.5. The van der Waals surface area contributed by atoms with Crippen molar-refractivity contribution in [2.75, 3.05) is 0 Å². The summed E-state index contributed by atoms with van der Waals surface area (Å²) in [4.78, 5) is 55.5. The first kappa shape index (κ1) is 51.9. The molecule has 0 fully saturated rings. The Morgan fingerprint density at radius 3 is 0.879 bits per heavy atom. The molecular weight excluding hydrogens is 833 g/mol. The second-order valence-corrected chi connectivity index (χ2v) is 18.2. The van der Waals surface area contributed by atoms with Crippen molar-refractivity contribution < 1.29 is 48.3 Å². The summed E-state index contributed by atoms with van der Waals surface area (Å²) in [6, 6.07) is 9.61. The van der Waals surface area contributed by atoms with Crippen molar-refractivity contribution in [2.45, 2.75) is 207 Å². The Bertz CT molecular complexity index is 2290. The van der Waals surface area contributed by atoms with Gasteiger partial charge in [-0.3, -0.25) is 19.2 Å². The van der Waals surface area contributed by atoms with Crippen LogP contribution in [0.4, 0.5) is 0 Å². The van der Waals surface area contributed by atoms with Gasteiger partial charge < -0.3 is 29.2 Å². The number of fused-ring (bicyclic) bond motifs is 4. The lowest BCUT2D eigenvalue weighted by Gasteiger charge is -2.23. The summed E-state index contributed by atoms with van der Waals surface area (Å²) in [5.41, 5.74) is 0. The van der Waals surface area contributed by atoms with Crippen LogP contribution in [0.1, 0.15) is 207 Å². The molecule has 0 bridgehead atoms. The summed E-state index contributed by atoms with van der Waals surface area (Å²) in [5, 5.41) is 25.4. The largest absolute Gasteiger partial charge is 0.507 e. The van der Waals surface area contributed by atoms with E-state index in [1.54, 1.807) is 24.3 Å². The van der Waals surface area contributed by atoms with Gasteiger partial charge in [0.05, 0.1) is 10.8 Å². The highest BCUT2D eigenvalue weighted by Crippen LogP contribution is 2.50. The lowest BCUT2D eigenvalue weighted by molar-refractivity contribution is -0.135. The molecule has 0 aromatic heterocycles. The number of rotatable bonds is 32. The Hall–Kier alpha value is -5.12. The lowest BCUT2D eigenvalue weighted by Crippen LogP contribution is -2.16. The van der Waals surface area contributed by atoms with E-state index in [-0.39, 0.29) is 81.4 Å². The molecule has 0 radical (unpaired) electrons. The molecule has 1 aliphatic carbocycles. The van der Waals surface area contributed by atoms with Crippen LogP contribution in [0.15, 0.2) is 36.4 Å². The first-order chi connectivity index (χ1) is 32.2. The molecule has 0 saturated heterocycles. The quantitative estimate of drug-likeness (QED) is 0.0243. The Morgan fingerprint density at radius 1 is 0.348 bits per heavy atom. The van der Waals surface area contributed by atoms with E-state index in [0.717, 1.165) is 128 Å². The van der Waals surface area contributed by atoms with E-state index in [1.165, 1.54) is 12.1 Å². The van der Waals surface area contributed by atoms with Crippen molar-refractivity contribution >= 4 is 45.4 Å². The zero-order chi connectivity index (χ0) is 47.3. The van der Waals surface area contributed by atoms with Gasteiger partial charge in [0.15, 0.2) is 11.5 Å². The van der Waals surface area contributed by atoms with Crippen LogP contribution in [0.3, 0.4) is 0 Å². The zero-order valence-corrected chi connectivity index (χ0v) is 40.4. The number of carbonyl (C=O) groups is 4. The molecule has 0 aliphatic heterocycles. The summed E-state index contributed by atoms with van der Waals surface area (Å²) in [6.45, 7) is 8.63. The van der Waals surface area contributed by atoms with Gasteiger partial charge in [0.1, 0.15) is 23.0 Å².